The molecule has 6 nitrogen and oxygen atoms in total. The molecule has 0 saturated carbocycles. The average molecular weight is 573 g/mol. The highest BCUT2D eigenvalue weighted by Gasteiger charge is 2.34. The summed E-state index contributed by atoms with van der Waals surface area (Å²) in [6, 6.07) is 26.1. The molecule has 8 heteroatoms. The third-order valence-electron chi connectivity index (χ3n) is 8.20. The summed E-state index contributed by atoms with van der Waals surface area (Å²) in [5, 5.41) is 5.43. The van der Waals surface area contributed by atoms with Crippen LogP contribution >= 0.6 is 11.6 Å². The lowest BCUT2D eigenvalue weighted by atomic mass is 9.91. The quantitative estimate of drug-likeness (QED) is 0.273. The Morgan fingerprint density at radius 3 is 2.33 bits per heavy atom. The van der Waals surface area contributed by atoms with Crippen molar-refractivity contribution in [2.45, 2.75) is 36.0 Å². The molecule has 0 aliphatic carbocycles. The van der Waals surface area contributed by atoms with E-state index in [1.807, 2.05) is 52.0 Å². The Hall–Kier alpha value is -3.42. The van der Waals surface area contributed by atoms with Gasteiger partial charge in [0.05, 0.1) is 23.1 Å². The zero-order valence-corrected chi connectivity index (χ0v) is 24.2. The van der Waals surface area contributed by atoms with Crippen LogP contribution < -0.4 is 4.90 Å². The van der Waals surface area contributed by atoms with Crippen LogP contribution in [0.15, 0.2) is 90.0 Å². The molecule has 0 radical (unpaired) electrons. The van der Waals surface area contributed by atoms with Crippen molar-refractivity contribution in [3.63, 3.8) is 0 Å². The van der Waals surface area contributed by atoms with Crippen molar-refractivity contribution < 1.29 is 9.00 Å². The normalized spacial score (nSPS) is 20.1. The molecule has 6 rings (SSSR count). The molecular weight excluding hydrogens is 540 g/mol. The SMILES string of the molecule is CS(=O)c1ccc(N2CCCC(c3c(C(=O)N4CC[C@H](c5ccccc5)C4)cnn3-c3ccc(Cl)cc3)C2)cc1. The van der Waals surface area contributed by atoms with Crippen LogP contribution in [0.4, 0.5) is 5.69 Å². The number of carbonyl (C=O) groups is 1. The Labute approximate surface area is 243 Å². The fraction of sp³-hybridized carbons (Fsp3) is 0.312. The van der Waals surface area contributed by atoms with Crippen LogP contribution in [0.1, 0.15) is 52.7 Å². The van der Waals surface area contributed by atoms with Crippen molar-refractivity contribution in [2.75, 3.05) is 37.3 Å². The van der Waals surface area contributed by atoms with Gasteiger partial charge in [-0.2, -0.15) is 5.10 Å². The largest absolute Gasteiger partial charge is 0.371 e. The molecule has 206 valence electrons. The molecule has 2 aliphatic rings. The zero-order valence-electron chi connectivity index (χ0n) is 22.6. The Bertz CT molecular complexity index is 1500. The number of nitrogens with zero attached hydrogens (tertiary/aromatic N) is 4. The number of piperidine rings is 1. The van der Waals surface area contributed by atoms with Gasteiger partial charge in [0, 0.05) is 70.7 Å². The Morgan fingerprint density at radius 1 is 0.875 bits per heavy atom. The highest BCUT2D eigenvalue weighted by molar-refractivity contribution is 7.84. The second kappa shape index (κ2) is 11.6. The molecule has 1 aromatic heterocycles. The number of rotatable bonds is 6. The van der Waals surface area contributed by atoms with Gasteiger partial charge in [0.25, 0.3) is 5.91 Å². The van der Waals surface area contributed by atoms with Crippen LogP contribution in [0.5, 0.6) is 0 Å². The first-order valence-corrected chi connectivity index (χ1v) is 15.8. The summed E-state index contributed by atoms with van der Waals surface area (Å²) in [4.78, 5) is 19.2. The number of likely N-dealkylation sites (tertiary alicyclic amines) is 1. The second-order valence-electron chi connectivity index (χ2n) is 10.7. The molecule has 2 unspecified atom stereocenters. The highest BCUT2D eigenvalue weighted by atomic mass is 35.5. The molecule has 2 aliphatic heterocycles. The standard InChI is InChI=1S/C32H33ClN4O2S/c1-40(39)29-15-13-27(14-16-29)35-18-5-8-25(22-35)31-30(20-34-37(31)28-11-9-26(33)10-12-28)32(38)36-19-17-24(21-36)23-6-3-2-4-7-23/h2-4,6-7,9-16,20,24-25H,5,8,17-19,21-22H2,1H3/t24-,25?,40?/m0/s1. The third-order valence-corrected chi connectivity index (χ3v) is 9.38. The summed E-state index contributed by atoms with van der Waals surface area (Å²) >= 11 is 6.19. The Morgan fingerprint density at radius 2 is 1.60 bits per heavy atom. The van der Waals surface area contributed by atoms with Crippen molar-refractivity contribution in [3.05, 3.63) is 107 Å². The lowest BCUT2D eigenvalue weighted by Gasteiger charge is -2.35. The molecule has 3 atom stereocenters. The minimum absolute atomic E-state index is 0.0561. The first kappa shape index (κ1) is 26.8. The average Bonchev–Trinajstić information content (AvgIpc) is 3.66. The summed E-state index contributed by atoms with van der Waals surface area (Å²) in [6.07, 6.45) is 6.40. The number of hydrogen-bond acceptors (Lipinski definition) is 4. The lowest BCUT2D eigenvalue weighted by Crippen LogP contribution is -2.36. The van der Waals surface area contributed by atoms with Crippen molar-refractivity contribution in [2.24, 2.45) is 0 Å². The summed E-state index contributed by atoms with van der Waals surface area (Å²) in [6.45, 7) is 3.18. The van der Waals surface area contributed by atoms with E-state index in [0.29, 0.717) is 16.5 Å². The fourth-order valence-corrected chi connectivity index (χ4v) is 6.74. The van der Waals surface area contributed by atoms with Crippen LogP contribution in [-0.2, 0) is 10.8 Å². The van der Waals surface area contributed by atoms with Gasteiger partial charge >= 0.3 is 0 Å². The highest BCUT2D eigenvalue weighted by Crippen LogP contribution is 2.35. The lowest BCUT2D eigenvalue weighted by molar-refractivity contribution is 0.0789. The van der Waals surface area contributed by atoms with Crippen LogP contribution in [0.3, 0.4) is 0 Å². The molecule has 0 spiro atoms. The van der Waals surface area contributed by atoms with E-state index in [2.05, 4.69) is 41.3 Å². The van der Waals surface area contributed by atoms with E-state index >= 15 is 0 Å². The topological polar surface area (TPSA) is 58.4 Å². The predicted molar refractivity (Wildman–Crippen MR) is 161 cm³/mol. The smallest absolute Gasteiger partial charge is 0.257 e. The van der Waals surface area contributed by atoms with Crippen molar-refractivity contribution in [1.82, 2.24) is 14.7 Å². The Kier molecular flexibility index (Phi) is 7.76. The monoisotopic (exact) mass is 572 g/mol. The summed E-state index contributed by atoms with van der Waals surface area (Å²) in [5.41, 5.74) is 4.94. The van der Waals surface area contributed by atoms with Crippen LogP contribution in [-0.4, -0.2) is 57.2 Å². The van der Waals surface area contributed by atoms with E-state index < -0.39 is 10.8 Å². The number of halogens is 1. The molecule has 0 N–H and O–H groups in total. The molecule has 40 heavy (non-hydrogen) atoms. The maximum absolute atomic E-state index is 14.0. The van der Waals surface area contributed by atoms with Crippen LogP contribution in [0.25, 0.3) is 5.69 Å². The third kappa shape index (κ3) is 5.45. The summed E-state index contributed by atoms with van der Waals surface area (Å²) in [7, 11) is -1.01. The Balaban J connectivity index is 1.31. The minimum Gasteiger partial charge on any atom is -0.371 e. The van der Waals surface area contributed by atoms with Crippen LogP contribution in [0, 0.1) is 0 Å². The van der Waals surface area contributed by atoms with Gasteiger partial charge in [-0.3, -0.25) is 9.00 Å². The minimum atomic E-state index is -1.01. The molecule has 1 amide bonds. The fourth-order valence-electron chi connectivity index (χ4n) is 6.10. The number of anilines is 1. The van der Waals surface area contributed by atoms with E-state index in [1.165, 1.54) is 5.56 Å². The van der Waals surface area contributed by atoms with Crippen molar-refractivity contribution in [3.8, 4) is 5.69 Å². The first-order valence-electron chi connectivity index (χ1n) is 13.8. The van der Waals surface area contributed by atoms with Gasteiger partial charge < -0.3 is 9.80 Å². The molecule has 2 saturated heterocycles. The maximum atomic E-state index is 14.0. The molecule has 4 aromatic rings. The number of amides is 1. The van der Waals surface area contributed by atoms with Crippen molar-refractivity contribution in [1.29, 1.82) is 0 Å². The molecule has 3 heterocycles. The van der Waals surface area contributed by atoms with Crippen molar-refractivity contribution >= 4 is 34.0 Å². The number of benzene rings is 3. The van der Waals surface area contributed by atoms with Gasteiger partial charge in [0.15, 0.2) is 0 Å². The van der Waals surface area contributed by atoms with Crippen LogP contribution in [0.2, 0.25) is 5.02 Å². The number of aromatic nitrogens is 2. The summed E-state index contributed by atoms with van der Waals surface area (Å²) in [5.74, 6) is 0.532. The van der Waals surface area contributed by atoms with Gasteiger partial charge in [0.1, 0.15) is 0 Å². The molecule has 2 fully saturated rings. The van der Waals surface area contributed by atoms with Gasteiger partial charge in [-0.15, -0.1) is 0 Å². The van der Waals surface area contributed by atoms with Gasteiger partial charge in [-0.25, -0.2) is 4.68 Å². The van der Waals surface area contributed by atoms with E-state index in [0.717, 1.165) is 67.4 Å². The molecule has 3 aromatic carbocycles. The maximum Gasteiger partial charge on any atom is 0.257 e. The van der Waals surface area contributed by atoms with E-state index in [1.54, 1.807) is 12.5 Å². The molecule has 0 bridgehead atoms. The number of carbonyl (C=O) groups excluding carboxylic acids is 1. The van der Waals surface area contributed by atoms with Gasteiger partial charge in [0.2, 0.25) is 0 Å². The number of hydrogen-bond donors (Lipinski definition) is 0. The summed E-state index contributed by atoms with van der Waals surface area (Å²) < 4.78 is 13.8. The van der Waals surface area contributed by atoms with Gasteiger partial charge in [-0.1, -0.05) is 41.9 Å². The van der Waals surface area contributed by atoms with E-state index in [-0.39, 0.29) is 11.8 Å². The van der Waals surface area contributed by atoms with Gasteiger partial charge in [-0.05, 0) is 73.4 Å². The second-order valence-corrected chi connectivity index (χ2v) is 12.5. The molecular formula is C32H33ClN4O2S. The first-order chi connectivity index (χ1) is 19.5. The van der Waals surface area contributed by atoms with E-state index in [9.17, 15) is 9.00 Å². The zero-order chi connectivity index (χ0) is 27.6. The predicted octanol–water partition coefficient (Wildman–Crippen LogP) is 6.28. The van der Waals surface area contributed by atoms with E-state index in [4.69, 9.17) is 16.7 Å².